The van der Waals surface area contributed by atoms with Crippen molar-refractivity contribution in [1.29, 1.82) is 5.26 Å². The van der Waals surface area contributed by atoms with Gasteiger partial charge in [0, 0.05) is 12.8 Å². The van der Waals surface area contributed by atoms with Gasteiger partial charge in [0.2, 0.25) is 0 Å². The number of hydrogen-bond acceptors (Lipinski definition) is 4. The monoisotopic (exact) mass is 362 g/mol. The number of nitriles is 1. The van der Waals surface area contributed by atoms with Gasteiger partial charge in [-0.05, 0) is 37.2 Å². The maximum Gasteiger partial charge on any atom is 0.184 e. The van der Waals surface area contributed by atoms with Crippen molar-refractivity contribution in [1.82, 2.24) is 4.90 Å². The lowest BCUT2D eigenvalue weighted by atomic mass is 9.95. The summed E-state index contributed by atoms with van der Waals surface area (Å²) < 4.78 is 23.1. The summed E-state index contributed by atoms with van der Waals surface area (Å²) in [5.41, 5.74) is 0.360. The molecule has 1 aromatic rings. The van der Waals surface area contributed by atoms with Crippen molar-refractivity contribution in [3.05, 3.63) is 33.8 Å². The Labute approximate surface area is 142 Å². The molecule has 1 unspecified atom stereocenters. The highest BCUT2D eigenvalue weighted by Gasteiger charge is 2.43. The minimum Gasteiger partial charge on any atom is -0.304 e. The molecule has 7 heteroatoms. The summed E-state index contributed by atoms with van der Waals surface area (Å²) in [5.74, 6) is 0. The summed E-state index contributed by atoms with van der Waals surface area (Å²) in [5, 5.41) is 10.2. The van der Waals surface area contributed by atoms with E-state index in [0.29, 0.717) is 17.1 Å². The van der Waals surface area contributed by atoms with Gasteiger partial charge in [0.05, 0.1) is 16.1 Å². The van der Waals surface area contributed by atoms with E-state index in [1.54, 1.807) is 6.07 Å². The fourth-order valence-electron chi connectivity index (χ4n) is 2.35. The average Bonchev–Trinajstić information content (AvgIpc) is 2.46. The summed E-state index contributed by atoms with van der Waals surface area (Å²) >= 11 is 11.9. The van der Waals surface area contributed by atoms with Crippen molar-refractivity contribution in [2.75, 3.05) is 25.9 Å². The Balaban J connectivity index is 3.34. The first kappa shape index (κ1) is 19.2. The summed E-state index contributed by atoms with van der Waals surface area (Å²) in [6.07, 6.45) is 1.27. The summed E-state index contributed by atoms with van der Waals surface area (Å²) in [6.45, 7) is 6.09. The minimum atomic E-state index is -3.66. The number of sulfone groups is 1. The molecule has 0 N–H and O–H groups in total. The third-order valence-electron chi connectivity index (χ3n) is 3.87. The zero-order chi connectivity index (χ0) is 17.0. The number of benzene rings is 1. The Morgan fingerprint density at radius 3 is 2.23 bits per heavy atom. The third-order valence-corrected chi connectivity index (χ3v) is 6.41. The van der Waals surface area contributed by atoms with Crippen LogP contribution in [0.5, 0.6) is 0 Å². The lowest BCUT2D eigenvalue weighted by Gasteiger charge is -2.28. The molecule has 122 valence electrons. The fraction of sp³-hybridized carbons (Fsp3) is 0.533. The Bertz CT molecular complexity index is 667. The van der Waals surface area contributed by atoms with Crippen LogP contribution in [0.15, 0.2) is 18.2 Å². The molecule has 1 atom stereocenters. The molecule has 0 saturated carbocycles. The van der Waals surface area contributed by atoms with Crippen LogP contribution in [-0.4, -0.2) is 39.2 Å². The molecule has 4 nitrogen and oxygen atoms in total. The Morgan fingerprint density at radius 2 is 1.82 bits per heavy atom. The predicted molar refractivity (Wildman–Crippen MR) is 91.0 cm³/mol. The highest BCUT2D eigenvalue weighted by Crippen LogP contribution is 2.36. The Morgan fingerprint density at radius 1 is 1.23 bits per heavy atom. The van der Waals surface area contributed by atoms with Crippen molar-refractivity contribution in [2.45, 2.75) is 25.0 Å². The third kappa shape index (κ3) is 3.94. The average molecular weight is 363 g/mol. The van der Waals surface area contributed by atoms with Crippen LogP contribution >= 0.6 is 23.2 Å². The predicted octanol–water partition coefficient (Wildman–Crippen LogP) is 3.49. The first-order chi connectivity index (χ1) is 10.2. The van der Waals surface area contributed by atoms with Gasteiger partial charge >= 0.3 is 0 Å². The molecular formula is C15H20Cl2N2O2S. The van der Waals surface area contributed by atoms with E-state index in [4.69, 9.17) is 23.2 Å². The van der Waals surface area contributed by atoms with Crippen molar-refractivity contribution in [3.63, 3.8) is 0 Å². The van der Waals surface area contributed by atoms with Gasteiger partial charge < -0.3 is 4.90 Å². The van der Waals surface area contributed by atoms with Crippen molar-refractivity contribution in [2.24, 2.45) is 0 Å². The van der Waals surface area contributed by atoms with Gasteiger partial charge in [0.1, 0.15) is 0 Å². The molecule has 1 rings (SSSR count). The zero-order valence-corrected chi connectivity index (χ0v) is 15.3. The van der Waals surface area contributed by atoms with Gasteiger partial charge in [-0.1, -0.05) is 43.1 Å². The van der Waals surface area contributed by atoms with Crippen LogP contribution in [0.2, 0.25) is 10.0 Å². The molecule has 0 spiro atoms. The molecule has 0 bridgehead atoms. The van der Waals surface area contributed by atoms with Crippen LogP contribution in [0.3, 0.4) is 0 Å². The smallest absolute Gasteiger partial charge is 0.184 e. The largest absolute Gasteiger partial charge is 0.304 e. The van der Waals surface area contributed by atoms with Gasteiger partial charge in [-0.3, -0.25) is 0 Å². The molecule has 0 aliphatic heterocycles. The van der Waals surface area contributed by atoms with Gasteiger partial charge in [-0.15, -0.1) is 0 Å². The second-order valence-electron chi connectivity index (χ2n) is 5.12. The maximum absolute atomic E-state index is 12.4. The van der Waals surface area contributed by atoms with Gasteiger partial charge in [0.25, 0.3) is 0 Å². The van der Waals surface area contributed by atoms with E-state index in [9.17, 15) is 13.7 Å². The van der Waals surface area contributed by atoms with Crippen molar-refractivity contribution < 1.29 is 8.42 Å². The zero-order valence-electron chi connectivity index (χ0n) is 12.9. The molecule has 0 heterocycles. The van der Waals surface area contributed by atoms with E-state index < -0.39 is 14.6 Å². The highest BCUT2D eigenvalue weighted by atomic mass is 35.5. The van der Waals surface area contributed by atoms with E-state index in [2.05, 4.69) is 4.90 Å². The van der Waals surface area contributed by atoms with E-state index >= 15 is 0 Å². The molecule has 0 aliphatic carbocycles. The van der Waals surface area contributed by atoms with Crippen LogP contribution in [0.25, 0.3) is 0 Å². The second kappa shape index (κ2) is 7.65. The quantitative estimate of drug-likeness (QED) is 0.744. The first-order valence-electron chi connectivity index (χ1n) is 7.00. The van der Waals surface area contributed by atoms with E-state index in [1.807, 2.05) is 19.9 Å². The second-order valence-corrected chi connectivity index (χ2v) is 8.17. The van der Waals surface area contributed by atoms with Crippen LogP contribution in [0.1, 0.15) is 25.8 Å². The van der Waals surface area contributed by atoms with Crippen molar-refractivity contribution in [3.8, 4) is 6.07 Å². The maximum atomic E-state index is 12.4. The lowest BCUT2D eigenvalue weighted by molar-refractivity contribution is 0.290. The molecular weight excluding hydrogens is 343 g/mol. The SMILES string of the molecule is CCN(CC)CCC(C#N)(c1ccc(Cl)c(Cl)c1)S(C)(=O)=O. The van der Waals surface area contributed by atoms with Crippen molar-refractivity contribution >= 4 is 33.0 Å². The fourth-order valence-corrected chi connectivity index (χ4v) is 3.83. The standard InChI is InChI=1S/C15H20Cl2N2O2S/c1-4-19(5-2)9-8-15(11-18,22(3,20)21)12-6-7-13(16)14(17)10-12/h6-7,10H,4-5,8-9H2,1-3H3. The van der Waals surface area contributed by atoms with Gasteiger partial charge in [-0.25, -0.2) is 8.42 Å². The van der Waals surface area contributed by atoms with Crippen LogP contribution in [0.4, 0.5) is 0 Å². The molecule has 1 aromatic carbocycles. The number of nitrogens with zero attached hydrogens (tertiary/aromatic N) is 2. The van der Waals surface area contributed by atoms with E-state index in [0.717, 1.165) is 19.3 Å². The summed E-state index contributed by atoms with van der Waals surface area (Å²) in [7, 11) is -3.66. The van der Waals surface area contributed by atoms with Crippen LogP contribution in [-0.2, 0) is 14.6 Å². The summed E-state index contributed by atoms with van der Waals surface area (Å²) in [6, 6.07) is 6.55. The normalized spacial score (nSPS) is 14.6. The van der Waals surface area contributed by atoms with E-state index in [1.165, 1.54) is 12.1 Å². The number of rotatable bonds is 7. The molecule has 0 radical (unpaired) electrons. The number of halogens is 2. The van der Waals surface area contributed by atoms with Crippen LogP contribution < -0.4 is 0 Å². The molecule has 0 saturated heterocycles. The Hall–Kier alpha value is -0.800. The van der Waals surface area contributed by atoms with E-state index in [-0.39, 0.29) is 11.4 Å². The minimum absolute atomic E-state index is 0.183. The summed E-state index contributed by atoms with van der Waals surface area (Å²) in [4.78, 5) is 2.08. The van der Waals surface area contributed by atoms with Gasteiger partial charge in [-0.2, -0.15) is 5.26 Å². The highest BCUT2D eigenvalue weighted by molar-refractivity contribution is 7.91. The number of hydrogen-bond donors (Lipinski definition) is 0. The Kier molecular flexibility index (Phi) is 6.69. The molecule has 0 amide bonds. The topological polar surface area (TPSA) is 61.2 Å². The lowest BCUT2D eigenvalue weighted by Crippen LogP contribution is -2.38. The van der Waals surface area contributed by atoms with Crippen LogP contribution in [0, 0.1) is 11.3 Å². The molecule has 0 aliphatic rings. The van der Waals surface area contributed by atoms with Gasteiger partial charge in [0.15, 0.2) is 14.6 Å². The molecule has 0 fully saturated rings. The molecule has 0 aromatic heterocycles. The molecule has 22 heavy (non-hydrogen) atoms. The first-order valence-corrected chi connectivity index (χ1v) is 9.65.